The first-order valence-corrected chi connectivity index (χ1v) is 15.2. The van der Waals surface area contributed by atoms with Gasteiger partial charge in [0.25, 0.3) is 0 Å². The van der Waals surface area contributed by atoms with Gasteiger partial charge in [-0.25, -0.2) is 0 Å². The minimum absolute atomic E-state index is 0.00290. The van der Waals surface area contributed by atoms with Crippen molar-refractivity contribution in [2.45, 2.75) is 59.8 Å². The Labute approximate surface area is 262 Å². The molecule has 0 spiro atoms. The van der Waals surface area contributed by atoms with Crippen molar-refractivity contribution in [3.63, 3.8) is 0 Å². The minimum Gasteiger partial charge on any atom is -0.354 e. The lowest BCUT2D eigenvalue weighted by atomic mass is 9.94. The van der Waals surface area contributed by atoms with Crippen LogP contribution in [0.25, 0.3) is 0 Å². The molecular formula is C29H45N7O9. The van der Waals surface area contributed by atoms with Crippen LogP contribution in [0.2, 0.25) is 0 Å². The number of carbonyl (C=O) groups excluding carboxylic acids is 9. The summed E-state index contributed by atoms with van der Waals surface area (Å²) < 4.78 is 0. The van der Waals surface area contributed by atoms with Gasteiger partial charge in [0.15, 0.2) is 0 Å². The minimum atomic E-state index is -0.645. The Morgan fingerprint density at radius 3 is 1.44 bits per heavy atom. The number of hydrogen-bond acceptors (Lipinski definition) is 9. The van der Waals surface area contributed by atoms with Crippen molar-refractivity contribution in [1.82, 2.24) is 36.4 Å². The maximum Gasteiger partial charge on any atom is 0.239 e. The van der Waals surface area contributed by atoms with Gasteiger partial charge in [-0.3, -0.25) is 53.0 Å². The Bertz CT molecular complexity index is 1170. The van der Waals surface area contributed by atoms with Crippen LogP contribution in [0.1, 0.15) is 59.8 Å². The highest BCUT2D eigenvalue weighted by molar-refractivity contribution is 6.04. The lowest BCUT2D eigenvalue weighted by molar-refractivity contribution is -0.141. The van der Waals surface area contributed by atoms with Gasteiger partial charge in [0.2, 0.25) is 53.2 Å². The molecule has 45 heavy (non-hydrogen) atoms. The molecule has 16 nitrogen and oxygen atoms in total. The largest absolute Gasteiger partial charge is 0.354 e. The van der Waals surface area contributed by atoms with Crippen LogP contribution in [-0.4, -0.2) is 109 Å². The molecule has 0 aliphatic carbocycles. The third-order valence-electron chi connectivity index (χ3n) is 7.62. The summed E-state index contributed by atoms with van der Waals surface area (Å²) in [6.07, 6.45) is 0.563. The van der Waals surface area contributed by atoms with Gasteiger partial charge in [-0.2, -0.15) is 0 Å². The molecule has 2 unspecified atom stereocenters. The normalized spacial score (nSPS) is 18.1. The quantitative estimate of drug-likeness (QED) is 0.103. The van der Waals surface area contributed by atoms with Crippen LogP contribution in [0, 0.1) is 23.7 Å². The van der Waals surface area contributed by atoms with Gasteiger partial charge in [0, 0.05) is 63.7 Å². The molecule has 0 aromatic carbocycles. The highest BCUT2D eigenvalue weighted by atomic mass is 16.2. The predicted molar refractivity (Wildman–Crippen MR) is 158 cm³/mol. The fraction of sp³-hybridized carbons (Fsp3) is 0.690. The van der Waals surface area contributed by atoms with E-state index >= 15 is 0 Å². The molecule has 2 aliphatic rings. The van der Waals surface area contributed by atoms with E-state index in [0.717, 1.165) is 4.90 Å². The first-order chi connectivity index (χ1) is 21.2. The summed E-state index contributed by atoms with van der Waals surface area (Å²) in [5, 5.41) is 12.1. The molecule has 2 fully saturated rings. The van der Waals surface area contributed by atoms with Gasteiger partial charge in [0.05, 0.1) is 19.6 Å². The third kappa shape index (κ3) is 11.9. The van der Waals surface area contributed by atoms with Crippen molar-refractivity contribution in [2.24, 2.45) is 23.7 Å². The lowest BCUT2D eigenvalue weighted by Crippen LogP contribution is -2.44. The van der Waals surface area contributed by atoms with Crippen LogP contribution in [0.15, 0.2) is 0 Å². The Hall–Kier alpha value is -4.37. The molecular weight excluding hydrogens is 590 g/mol. The molecule has 2 atom stereocenters. The molecule has 0 radical (unpaired) electrons. The Kier molecular flexibility index (Phi) is 14.6. The molecule has 0 aromatic rings. The topological polar surface area (TPSA) is 220 Å². The summed E-state index contributed by atoms with van der Waals surface area (Å²) in [7, 11) is 0. The van der Waals surface area contributed by atoms with Crippen molar-refractivity contribution >= 4 is 53.2 Å². The average Bonchev–Trinajstić information content (AvgIpc) is 3.43. The number of carbonyl (C=O) groups is 9. The van der Waals surface area contributed by atoms with E-state index in [0.29, 0.717) is 0 Å². The number of rotatable bonds is 18. The molecule has 5 N–H and O–H groups in total. The zero-order chi connectivity index (χ0) is 33.7. The number of nitrogens with zero attached hydrogens (tertiary/aromatic N) is 2. The van der Waals surface area contributed by atoms with E-state index in [1.54, 1.807) is 0 Å². The molecule has 2 saturated heterocycles. The molecule has 250 valence electrons. The Balaban J connectivity index is 1.50. The molecule has 0 saturated carbocycles. The van der Waals surface area contributed by atoms with Crippen molar-refractivity contribution in [3.8, 4) is 0 Å². The molecule has 0 aromatic heterocycles. The predicted octanol–water partition coefficient (Wildman–Crippen LogP) is -2.20. The molecule has 2 rings (SSSR count). The summed E-state index contributed by atoms with van der Waals surface area (Å²) in [4.78, 5) is 111. The van der Waals surface area contributed by atoms with Gasteiger partial charge in [-0.05, 0) is 18.3 Å². The zero-order valence-electron chi connectivity index (χ0n) is 26.4. The summed E-state index contributed by atoms with van der Waals surface area (Å²) >= 11 is 0. The fourth-order valence-corrected chi connectivity index (χ4v) is 4.85. The maximum absolute atomic E-state index is 12.3. The smallest absolute Gasteiger partial charge is 0.239 e. The van der Waals surface area contributed by atoms with E-state index < -0.39 is 30.2 Å². The van der Waals surface area contributed by atoms with Crippen LogP contribution in [-0.2, 0) is 43.2 Å². The Morgan fingerprint density at radius 2 is 0.978 bits per heavy atom. The van der Waals surface area contributed by atoms with Crippen LogP contribution < -0.4 is 26.6 Å². The summed E-state index contributed by atoms with van der Waals surface area (Å²) in [5.41, 5.74) is 0. The van der Waals surface area contributed by atoms with E-state index in [2.05, 4.69) is 26.6 Å². The molecule has 9 amide bonds. The molecule has 2 aliphatic heterocycles. The second-order valence-electron chi connectivity index (χ2n) is 11.8. The molecule has 0 bridgehead atoms. The average molecular weight is 636 g/mol. The maximum atomic E-state index is 12.3. The van der Waals surface area contributed by atoms with E-state index in [4.69, 9.17) is 0 Å². The first kappa shape index (κ1) is 36.8. The summed E-state index contributed by atoms with van der Waals surface area (Å²) in [6, 6.07) is 0. The second kappa shape index (κ2) is 17.8. The van der Waals surface area contributed by atoms with Crippen molar-refractivity contribution in [2.75, 3.05) is 45.8 Å². The van der Waals surface area contributed by atoms with Crippen LogP contribution in [0.4, 0.5) is 0 Å². The van der Waals surface area contributed by atoms with Crippen molar-refractivity contribution < 1.29 is 43.2 Å². The van der Waals surface area contributed by atoms with Gasteiger partial charge in [-0.15, -0.1) is 0 Å². The number of amides is 9. The van der Waals surface area contributed by atoms with Crippen molar-refractivity contribution in [1.29, 1.82) is 0 Å². The van der Waals surface area contributed by atoms with Crippen LogP contribution >= 0.6 is 0 Å². The monoisotopic (exact) mass is 635 g/mol. The standard InChI is InChI=1S/C29H45N7O9/c1-17(2)19-12-26(42)35(28(19)44)10-5-6-21(37)32-15-24(40)34-16-25(41)33-14-23(39)30-8-7-22(38)31-9-11-36-27(43)13-20(18(3)4)29(36)45/h17-20H,5-16H2,1-4H3,(H,30,39)(H,31,38)(H,32,37)(H,33,41)(H,34,40). The third-order valence-corrected chi connectivity index (χ3v) is 7.62. The molecule has 16 heteroatoms. The number of imide groups is 2. The number of likely N-dealkylation sites (tertiary alicyclic amines) is 2. The zero-order valence-corrected chi connectivity index (χ0v) is 26.4. The SMILES string of the molecule is CC(C)C1CC(=O)N(CCCC(=O)NCC(=O)NCC(=O)NCC(=O)NCCC(=O)NCCN2C(=O)CC(C(C)C)C2=O)C1=O. The fourth-order valence-electron chi connectivity index (χ4n) is 4.85. The molecule has 2 heterocycles. The van der Waals surface area contributed by atoms with Gasteiger partial charge in [-0.1, -0.05) is 27.7 Å². The van der Waals surface area contributed by atoms with E-state index in [-0.39, 0.29) is 125 Å². The van der Waals surface area contributed by atoms with Gasteiger partial charge < -0.3 is 26.6 Å². The lowest BCUT2D eigenvalue weighted by Gasteiger charge is -2.16. The number of hydrogen-bond donors (Lipinski definition) is 5. The van der Waals surface area contributed by atoms with Gasteiger partial charge >= 0.3 is 0 Å². The highest BCUT2D eigenvalue weighted by Crippen LogP contribution is 2.27. The van der Waals surface area contributed by atoms with Crippen LogP contribution in [0.5, 0.6) is 0 Å². The second-order valence-corrected chi connectivity index (χ2v) is 11.8. The van der Waals surface area contributed by atoms with Gasteiger partial charge in [0.1, 0.15) is 0 Å². The number of nitrogens with one attached hydrogen (secondary N) is 5. The first-order valence-electron chi connectivity index (χ1n) is 15.2. The van der Waals surface area contributed by atoms with E-state index in [9.17, 15) is 43.2 Å². The van der Waals surface area contributed by atoms with Crippen molar-refractivity contribution in [3.05, 3.63) is 0 Å². The Morgan fingerprint density at radius 1 is 0.578 bits per heavy atom. The summed E-state index contributed by atoms with van der Waals surface area (Å²) in [6.45, 7) is 6.62. The highest BCUT2D eigenvalue weighted by Gasteiger charge is 2.40. The van der Waals surface area contributed by atoms with Crippen LogP contribution in [0.3, 0.4) is 0 Å². The van der Waals surface area contributed by atoms with E-state index in [1.165, 1.54) is 4.90 Å². The summed E-state index contributed by atoms with van der Waals surface area (Å²) in [5.74, 6) is -4.19. The van der Waals surface area contributed by atoms with E-state index in [1.807, 2.05) is 27.7 Å².